The third-order valence-corrected chi connectivity index (χ3v) is 3.88. The van der Waals surface area contributed by atoms with Gasteiger partial charge < -0.3 is 20.9 Å². The first-order valence-electron chi connectivity index (χ1n) is 8.88. The number of guanidine groups is 1. The number of halogens is 1. The molecule has 1 unspecified atom stereocenters. The number of aliphatic imine (C=N–C) groups is 1. The number of nitrogens with one attached hydrogen (secondary N) is 3. The molecule has 25 heavy (non-hydrogen) atoms. The molecule has 0 aromatic carbocycles. The minimum absolute atomic E-state index is 0. The van der Waals surface area contributed by atoms with Gasteiger partial charge >= 0.3 is 0 Å². The van der Waals surface area contributed by atoms with Crippen molar-refractivity contribution < 1.29 is 9.59 Å². The summed E-state index contributed by atoms with van der Waals surface area (Å²) < 4.78 is 0. The smallest absolute Gasteiger partial charge is 0.225 e. The molecule has 1 fully saturated rings. The Bertz CT molecular complexity index is 462. The predicted octanol–water partition coefficient (Wildman–Crippen LogP) is 1.33. The first kappa shape index (κ1) is 23.9. The Labute approximate surface area is 168 Å². The highest BCUT2D eigenvalue weighted by Gasteiger charge is 2.25. The average Bonchev–Trinajstić information content (AvgIpc) is 2.98. The fourth-order valence-electron chi connectivity index (χ4n) is 2.44. The number of likely N-dealkylation sites (tertiary alicyclic amines) is 1. The van der Waals surface area contributed by atoms with E-state index in [9.17, 15) is 9.59 Å². The molecule has 0 spiro atoms. The van der Waals surface area contributed by atoms with Crippen molar-refractivity contribution in [3.63, 3.8) is 0 Å². The van der Waals surface area contributed by atoms with Crippen LogP contribution in [0.2, 0.25) is 0 Å². The Hall–Kier alpha value is -1.06. The lowest BCUT2D eigenvalue weighted by Gasteiger charge is -2.19. The van der Waals surface area contributed by atoms with Gasteiger partial charge in [0, 0.05) is 44.1 Å². The van der Waals surface area contributed by atoms with Gasteiger partial charge in [-0.3, -0.25) is 14.6 Å². The second-order valence-electron chi connectivity index (χ2n) is 7.09. The molecule has 7 nitrogen and oxygen atoms in total. The molecule has 1 atom stereocenters. The molecule has 0 radical (unpaired) electrons. The SMILES string of the molecule is CCNC(=NCCNC(=O)C(C)(C)C)NC1CCN(C(=O)CC)C1.I. The van der Waals surface area contributed by atoms with Gasteiger partial charge in [0.15, 0.2) is 5.96 Å². The van der Waals surface area contributed by atoms with E-state index in [4.69, 9.17) is 0 Å². The molecule has 1 aliphatic rings. The summed E-state index contributed by atoms with van der Waals surface area (Å²) >= 11 is 0. The zero-order valence-corrected chi connectivity index (χ0v) is 18.5. The van der Waals surface area contributed by atoms with Gasteiger partial charge in [-0.25, -0.2) is 0 Å². The highest BCUT2D eigenvalue weighted by atomic mass is 127. The molecule has 0 saturated carbocycles. The molecule has 146 valence electrons. The Balaban J connectivity index is 0.00000576. The average molecular weight is 467 g/mol. The quantitative estimate of drug-likeness (QED) is 0.238. The Morgan fingerprint density at radius 3 is 2.44 bits per heavy atom. The topological polar surface area (TPSA) is 85.8 Å². The third kappa shape index (κ3) is 8.73. The summed E-state index contributed by atoms with van der Waals surface area (Å²) in [5.41, 5.74) is -0.383. The molecular weight excluding hydrogens is 433 g/mol. The van der Waals surface area contributed by atoms with Crippen molar-refractivity contribution in [1.82, 2.24) is 20.9 Å². The summed E-state index contributed by atoms with van der Waals surface area (Å²) in [6.45, 7) is 12.9. The van der Waals surface area contributed by atoms with Crippen molar-refractivity contribution in [2.24, 2.45) is 10.4 Å². The van der Waals surface area contributed by atoms with Gasteiger partial charge in [0.25, 0.3) is 0 Å². The largest absolute Gasteiger partial charge is 0.357 e. The number of amides is 2. The van der Waals surface area contributed by atoms with Crippen LogP contribution in [0, 0.1) is 5.41 Å². The van der Waals surface area contributed by atoms with Crippen molar-refractivity contribution in [3.8, 4) is 0 Å². The molecule has 1 rings (SSSR count). The first-order valence-corrected chi connectivity index (χ1v) is 8.88. The summed E-state index contributed by atoms with van der Waals surface area (Å²) in [6, 6.07) is 0.225. The highest BCUT2D eigenvalue weighted by molar-refractivity contribution is 14.0. The van der Waals surface area contributed by atoms with Gasteiger partial charge in [-0.2, -0.15) is 0 Å². The van der Waals surface area contributed by atoms with E-state index in [-0.39, 0.29) is 47.2 Å². The molecule has 1 aliphatic heterocycles. The molecule has 3 N–H and O–H groups in total. The number of nitrogens with zero attached hydrogens (tertiary/aromatic N) is 2. The summed E-state index contributed by atoms with van der Waals surface area (Å²) in [4.78, 5) is 29.9. The maximum Gasteiger partial charge on any atom is 0.225 e. The van der Waals surface area contributed by atoms with Crippen LogP contribution in [0.25, 0.3) is 0 Å². The first-order chi connectivity index (χ1) is 11.3. The van der Waals surface area contributed by atoms with Crippen LogP contribution in [0.1, 0.15) is 47.5 Å². The predicted molar refractivity (Wildman–Crippen MR) is 112 cm³/mol. The van der Waals surface area contributed by atoms with Gasteiger partial charge in [0.1, 0.15) is 0 Å². The van der Waals surface area contributed by atoms with E-state index >= 15 is 0 Å². The lowest BCUT2D eigenvalue weighted by atomic mass is 9.96. The normalized spacial score (nSPS) is 17.7. The van der Waals surface area contributed by atoms with E-state index in [1.165, 1.54) is 0 Å². The fraction of sp³-hybridized carbons (Fsp3) is 0.824. The highest BCUT2D eigenvalue weighted by Crippen LogP contribution is 2.12. The lowest BCUT2D eigenvalue weighted by molar-refractivity contribution is -0.130. The number of carbonyl (C=O) groups is 2. The monoisotopic (exact) mass is 467 g/mol. The molecule has 1 saturated heterocycles. The number of hydrogen-bond donors (Lipinski definition) is 3. The van der Waals surface area contributed by atoms with E-state index in [0.717, 1.165) is 32.0 Å². The summed E-state index contributed by atoms with van der Waals surface area (Å²) in [6.07, 6.45) is 1.48. The Morgan fingerprint density at radius 1 is 1.20 bits per heavy atom. The van der Waals surface area contributed by atoms with Crippen LogP contribution in [-0.4, -0.2) is 61.4 Å². The number of hydrogen-bond acceptors (Lipinski definition) is 3. The molecule has 8 heteroatoms. The van der Waals surface area contributed by atoms with E-state index in [1.54, 1.807) is 0 Å². The fourth-order valence-corrected chi connectivity index (χ4v) is 2.44. The lowest BCUT2D eigenvalue weighted by Crippen LogP contribution is -2.45. The summed E-state index contributed by atoms with van der Waals surface area (Å²) in [5, 5.41) is 9.47. The van der Waals surface area contributed by atoms with Crippen LogP contribution in [0.4, 0.5) is 0 Å². The minimum Gasteiger partial charge on any atom is -0.357 e. The van der Waals surface area contributed by atoms with Crippen LogP contribution in [0.15, 0.2) is 4.99 Å². The number of carbonyl (C=O) groups excluding carboxylic acids is 2. The van der Waals surface area contributed by atoms with Crippen LogP contribution < -0.4 is 16.0 Å². The maximum atomic E-state index is 11.8. The van der Waals surface area contributed by atoms with E-state index in [0.29, 0.717) is 19.5 Å². The van der Waals surface area contributed by atoms with Gasteiger partial charge in [-0.05, 0) is 13.3 Å². The van der Waals surface area contributed by atoms with Crippen molar-refractivity contribution in [2.75, 3.05) is 32.7 Å². The Morgan fingerprint density at radius 2 is 1.88 bits per heavy atom. The zero-order valence-electron chi connectivity index (χ0n) is 16.1. The van der Waals surface area contributed by atoms with Crippen molar-refractivity contribution in [1.29, 1.82) is 0 Å². The zero-order chi connectivity index (χ0) is 18.2. The standard InChI is InChI=1S/C17H33N5O2.HI/c1-6-14(23)22-11-8-13(12-22)21-16(18-7-2)20-10-9-19-15(24)17(3,4)5;/h13H,6-12H2,1-5H3,(H,19,24)(H2,18,20,21);1H. The minimum atomic E-state index is -0.383. The second-order valence-corrected chi connectivity index (χ2v) is 7.09. The van der Waals surface area contributed by atoms with E-state index in [2.05, 4.69) is 20.9 Å². The van der Waals surface area contributed by atoms with E-state index in [1.807, 2.05) is 39.5 Å². The molecule has 0 aromatic heterocycles. The van der Waals surface area contributed by atoms with Gasteiger partial charge in [0.05, 0.1) is 6.54 Å². The van der Waals surface area contributed by atoms with Crippen molar-refractivity contribution >= 4 is 41.8 Å². The molecule has 0 aliphatic carbocycles. The number of rotatable bonds is 6. The summed E-state index contributed by atoms with van der Waals surface area (Å²) in [7, 11) is 0. The van der Waals surface area contributed by atoms with Gasteiger partial charge in [-0.1, -0.05) is 27.7 Å². The Kier molecular flexibility index (Phi) is 11.0. The molecule has 2 amide bonds. The van der Waals surface area contributed by atoms with Crippen LogP contribution in [-0.2, 0) is 9.59 Å². The molecular formula is C17H34IN5O2. The molecule has 0 aromatic rings. The molecule has 0 bridgehead atoms. The van der Waals surface area contributed by atoms with Crippen LogP contribution in [0.3, 0.4) is 0 Å². The van der Waals surface area contributed by atoms with Gasteiger partial charge in [-0.15, -0.1) is 24.0 Å². The van der Waals surface area contributed by atoms with Gasteiger partial charge in [0.2, 0.25) is 11.8 Å². The second kappa shape index (κ2) is 11.5. The summed E-state index contributed by atoms with van der Waals surface area (Å²) in [5.74, 6) is 0.963. The molecule has 1 heterocycles. The maximum absolute atomic E-state index is 11.8. The third-order valence-electron chi connectivity index (χ3n) is 3.88. The van der Waals surface area contributed by atoms with Crippen molar-refractivity contribution in [2.45, 2.75) is 53.5 Å². The van der Waals surface area contributed by atoms with E-state index < -0.39 is 0 Å². The van der Waals surface area contributed by atoms with Crippen LogP contribution in [0.5, 0.6) is 0 Å². The van der Waals surface area contributed by atoms with Crippen molar-refractivity contribution in [3.05, 3.63) is 0 Å². The van der Waals surface area contributed by atoms with Crippen LogP contribution >= 0.6 is 24.0 Å².